The quantitative estimate of drug-likeness (QED) is 0.686. The first kappa shape index (κ1) is 7.09. The molecule has 0 saturated heterocycles. The van der Waals surface area contributed by atoms with E-state index >= 15 is 0 Å². The highest BCUT2D eigenvalue weighted by Gasteiger charge is 2.39. The number of hydrogen-bond acceptors (Lipinski definition) is 2. The zero-order valence-electron chi connectivity index (χ0n) is 7.25. The lowest BCUT2D eigenvalue weighted by Crippen LogP contribution is -2.18. The highest BCUT2D eigenvalue weighted by Crippen LogP contribution is 2.43. The SMILES string of the molecule is NC1(c2ccc3cn[nH]c3c2)CC1. The van der Waals surface area contributed by atoms with Crippen molar-refractivity contribution in [3.63, 3.8) is 0 Å². The van der Waals surface area contributed by atoms with Gasteiger partial charge in [0.15, 0.2) is 0 Å². The summed E-state index contributed by atoms with van der Waals surface area (Å²) in [5.41, 5.74) is 8.36. The molecule has 0 unspecified atom stereocenters. The minimum atomic E-state index is -0.0424. The number of H-pyrrole nitrogens is 1. The molecule has 1 aromatic carbocycles. The van der Waals surface area contributed by atoms with E-state index in [2.05, 4.69) is 28.4 Å². The van der Waals surface area contributed by atoms with Crippen molar-refractivity contribution in [2.24, 2.45) is 5.73 Å². The maximum absolute atomic E-state index is 6.09. The molecule has 0 spiro atoms. The fourth-order valence-electron chi connectivity index (χ4n) is 1.67. The normalized spacial score (nSPS) is 19.2. The summed E-state index contributed by atoms with van der Waals surface area (Å²) in [6.45, 7) is 0. The maximum Gasteiger partial charge on any atom is 0.0653 e. The van der Waals surface area contributed by atoms with Gasteiger partial charge in [0, 0.05) is 10.9 Å². The Labute approximate surface area is 75.9 Å². The summed E-state index contributed by atoms with van der Waals surface area (Å²) in [5, 5.41) is 8.08. The van der Waals surface area contributed by atoms with Crippen molar-refractivity contribution >= 4 is 10.9 Å². The van der Waals surface area contributed by atoms with Gasteiger partial charge in [0.25, 0.3) is 0 Å². The van der Waals surface area contributed by atoms with Gasteiger partial charge in [-0.1, -0.05) is 12.1 Å². The van der Waals surface area contributed by atoms with Crippen molar-refractivity contribution in [1.82, 2.24) is 10.2 Å². The Morgan fingerprint density at radius 1 is 1.38 bits per heavy atom. The third-order valence-corrected chi connectivity index (χ3v) is 2.81. The molecule has 1 saturated carbocycles. The van der Waals surface area contributed by atoms with E-state index in [1.54, 1.807) is 0 Å². The molecule has 66 valence electrons. The molecule has 1 heterocycles. The molecule has 0 radical (unpaired) electrons. The van der Waals surface area contributed by atoms with Crippen LogP contribution in [0.5, 0.6) is 0 Å². The molecule has 3 N–H and O–H groups in total. The summed E-state index contributed by atoms with van der Waals surface area (Å²) >= 11 is 0. The van der Waals surface area contributed by atoms with Gasteiger partial charge in [0.1, 0.15) is 0 Å². The van der Waals surface area contributed by atoms with Crippen LogP contribution in [0.25, 0.3) is 10.9 Å². The average molecular weight is 173 g/mol. The minimum Gasteiger partial charge on any atom is -0.321 e. The van der Waals surface area contributed by atoms with Crippen molar-refractivity contribution in [2.45, 2.75) is 18.4 Å². The Kier molecular flexibility index (Phi) is 1.15. The lowest BCUT2D eigenvalue weighted by molar-refractivity contribution is 0.741. The van der Waals surface area contributed by atoms with Crippen molar-refractivity contribution in [2.75, 3.05) is 0 Å². The van der Waals surface area contributed by atoms with Crippen LogP contribution in [-0.4, -0.2) is 10.2 Å². The maximum atomic E-state index is 6.09. The van der Waals surface area contributed by atoms with E-state index in [0.29, 0.717) is 0 Å². The summed E-state index contributed by atoms with van der Waals surface area (Å²) in [5.74, 6) is 0. The number of fused-ring (bicyclic) bond motifs is 1. The third kappa shape index (κ3) is 0.971. The lowest BCUT2D eigenvalue weighted by atomic mass is 10.0. The first-order chi connectivity index (χ1) is 6.28. The number of aromatic amines is 1. The highest BCUT2D eigenvalue weighted by atomic mass is 15.1. The van der Waals surface area contributed by atoms with E-state index in [9.17, 15) is 0 Å². The fraction of sp³-hybridized carbons (Fsp3) is 0.300. The molecule has 1 aromatic heterocycles. The smallest absolute Gasteiger partial charge is 0.0653 e. The average Bonchev–Trinajstić information content (AvgIpc) is 2.74. The van der Waals surface area contributed by atoms with E-state index in [0.717, 1.165) is 23.7 Å². The molecule has 3 nitrogen and oxygen atoms in total. The summed E-state index contributed by atoms with van der Waals surface area (Å²) in [6.07, 6.45) is 4.04. The van der Waals surface area contributed by atoms with Gasteiger partial charge < -0.3 is 5.73 Å². The Morgan fingerprint density at radius 2 is 2.23 bits per heavy atom. The molecular formula is C10H11N3. The second-order valence-corrected chi connectivity index (χ2v) is 3.83. The number of hydrogen-bond donors (Lipinski definition) is 2. The van der Waals surface area contributed by atoms with Gasteiger partial charge >= 0.3 is 0 Å². The van der Waals surface area contributed by atoms with Crippen molar-refractivity contribution in [1.29, 1.82) is 0 Å². The molecule has 0 amide bonds. The van der Waals surface area contributed by atoms with Gasteiger partial charge in [-0.15, -0.1) is 0 Å². The summed E-state index contributed by atoms with van der Waals surface area (Å²) in [6, 6.07) is 6.28. The number of nitrogens with zero attached hydrogens (tertiary/aromatic N) is 1. The molecular weight excluding hydrogens is 162 g/mol. The van der Waals surface area contributed by atoms with Crippen LogP contribution in [0.15, 0.2) is 24.4 Å². The molecule has 0 bridgehead atoms. The van der Waals surface area contributed by atoms with Crippen LogP contribution in [-0.2, 0) is 5.54 Å². The summed E-state index contributed by atoms with van der Waals surface area (Å²) < 4.78 is 0. The zero-order chi connectivity index (χ0) is 8.89. The lowest BCUT2D eigenvalue weighted by Gasteiger charge is -2.07. The predicted octanol–water partition coefficient (Wildman–Crippen LogP) is 1.51. The van der Waals surface area contributed by atoms with Crippen LogP contribution >= 0.6 is 0 Å². The van der Waals surface area contributed by atoms with Crippen LogP contribution < -0.4 is 5.73 Å². The molecule has 3 rings (SSSR count). The molecule has 1 aliphatic rings. The third-order valence-electron chi connectivity index (χ3n) is 2.81. The molecule has 13 heavy (non-hydrogen) atoms. The van der Waals surface area contributed by atoms with Gasteiger partial charge in [-0.3, -0.25) is 5.10 Å². The van der Waals surface area contributed by atoms with Crippen LogP contribution in [0.1, 0.15) is 18.4 Å². The van der Waals surface area contributed by atoms with Crippen LogP contribution in [0.2, 0.25) is 0 Å². The molecule has 1 fully saturated rings. The Balaban J connectivity index is 2.20. The van der Waals surface area contributed by atoms with Gasteiger partial charge in [-0.25, -0.2) is 0 Å². The number of nitrogens with one attached hydrogen (secondary N) is 1. The van der Waals surface area contributed by atoms with Crippen LogP contribution in [0.4, 0.5) is 0 Å². The predicted molar refractivity (Wildman–Crippen MR) is 51.2 cm³/mol. The van der Waals surface area contributed by atoms with Crippen LogP contribution in [0, 0.1) is 0 Å². The molecule has 2 aromatic rings. The zero-order valence-corrected chi connectivity index (χ0v) is 7.25. The second kappa shape index (κ2) is 2.12. The second-order valence-electron chi connectivity index (χ2n) is 3.83. The van der Waals surface area contributed by atoms with Gasteiger partial charge in [0.2, 0.25) is 0 Å². The number of benzene rings is 1. The van der Waals surface area contributed by atoms with E-state index in [1.807, 2.05) is 6.20 Å². The standard InChI is InChI=1S/C10H11N3/c11-10(3-4-10)8-2-1-7-6-12-13-9(7)5-8/h1-2,5-6H,3-4,11H2,(H,12,13). The topological polar surface area (TPSA) is 54.7 Å². The van der Waals surface area contributed by atoms with Gasteiger partial charge in [0.05, 0.1) is 11.7 Å². The first-order valence-electron chi connectivity index (χ1n) is 4.50. The van der Waals surface area contributed by atoms with Crippen LogP contribution in [0.3, 0.4) is 0 Å². The Morgan fingerprint density at radius 3 is 3.00 bits per heavy atom. The molecule has 0 aliphatic heterocycles. The summed E-state index contributed by atoms with van der Waals surface area (Å²) in [7, 11) is 0. The van der Waals surface area contributed by atoms with E-state index in [-0.39, 0.29) is 5.54 Å². The fourth-order valence-corrected chi connectivity index (χ4v) is 1.67. The van der Waals surface area contributed by atoms with E-state index in [4.69, 9.17) is 5.73 Å². The number of rotatable bonds is 1. The van der Waals surface area contributed by atoms with Crippen molar-refractivity contribution < 1.29 is 0 Å². The Hall–Kier alpha value is -1.35. The van der Waals surface area contributed by atoms with Crippen molar-refractivity contribution in [3.05, 3.63) is 30.0 Å². The molecule has 1 aliphatic carbocycles. The summed E-state index contributed by atoms with van der Waals surface area (Å²) in [4.78, 5) is 0. The minimum absolute atomic E-state index is 0.0424. The van der Waals surface area contributed by atoms with E-state index < -0.39 is 0 Å². The number of aromatic nitrogens is 2. The van der Waals surface area contributed by atoms with E-state index in [1.165, 1.54) is 5.56 Å². The Bertz CT molecular complexity index is 454. The highest BCUT2D eigenvalue weighted by molar-refractivity contribution is 5.78. The molecule has 3 heteroatoms. The first-order valence-corrected chi connectivity index (χ1v) is 4.50. The largest absolute Gasteiger partial charge is 0.321 e. The van der Waals surface area contributed by atoms with Gasteiger partial charge in [-0.2, -0.15) is 5.10 Å². The van der Waals surface area contributed by atoms with Crippen molar-refractivity contribution in [3.8, 4) is 0 Å². The number of nitrogens with two attached hydrogens (primary N) is 1. The van der Waals surface area contributed by atoms with Gasteiger partial charge in [-0.05, 0) is 24.5 Å². The monoisotopic (exact) mass is 173 g/mol. The molecule has 0 atom stereocenters.